The van der Waals surface area contributed by atoms with Crippen LogP contribution in [-0.2, 0) is 12.7 Å². The molecule has 1 fully saturated rings. The van der Waals surface area contributed by atoms with E-state index in [2.05, 4.69) is 15.2 Å². The second-order valence-electron chi connectivity index (χ2n) is 6.07. The fourth-order valence-electron chi connectivity index (χ4n) is 2.69. The van der Waals surface area contributed by atoms with Crippen molar-refractivity contribution >= 4 is 16.3 Å². The number of nitrogens with zero attached hydrogens (tertiary/aromatic N) is 5. The van der Waals surface area contributed by atoms with Crippen molar-refractivity contribution in [2.24, 2.45) is 5.92 Å². The molecule has 1 atom stereocenters. The van der Waals surface area contributed by atoms with Crippen LogP contribution in [-0.4, -0.2) is 30.3 Å². The number of fused-ring (bicyclic) bond motifs is 1. The molecular formula is C14H10F5N5OS. The van der Waals surface area contributed by atoms with E-state index in [0.29, 0.717) is 5.01 Å². The van der Waals surface area contributed by atoms with Gasteiger partial charge in [-0.25, -0.2) is 13.8 Å². The van der Waals surface area contributed by atoms with Gasteiger partial charge in [-0.05, 0) is 6.92 Å². The number of hydrogen-bond acceptors (Lipinski definition) is 5. The predicted octanol–water partition coefficient (Wildman–Crippen LogP) is 3.00. The molecule has 138 valence electrons. The molecule has 0 saturated heterocycles. The Bertz CT molecular complexity index is 1070. The minimum atomic E-state index is -4.87. The van der Waals surface area contributed by atoms with E-state index in [-0.39, 0.29) is 23.5 Å². The van der Waals surface area contributed by atoms with Gasteiger partial charge in [-0.2, -0.15) is 27.9 Å². The molecule has 12 heteroatoms. The maximum atomic E-state index is 13.4. The molecule has 0 bridgehead atoms. The summed E-state index contributed by atoms with van der Waals surface area (Å²) in [6, 6.07) is 0. The van der Waals surface area contributed by atoms with Crippen LogP contribution in [0.4, 0.5) is 22.0 Å². The Morgan fingerprint density at radius 2 is 2.08 bits per heavy atom. The van der Waals surface area contributed by atoms with Gasteiger partial charge in [0.25, 0.3) is 11.5 Å². The van der Waals surface area contributed by atoms with E-state index >= 15 is 0 Å². The van der Waals surface area contributed by atoms with E-state index < -0.39 is 34.8 Å². The van der Waals surface area contributed by atoms with E-state index in [1.165, 1.54) is 0 Å². The molecule has 26 heavy (non-hydrogen) atoms. The summed E-state index contributed by atoms with van der Waals surface area (Å²) in [5, 5.41) is 8.06. The topological polar surface area (TPSA) is 65.1 Å². The predicted molar refractivity (Wildman–Crippen MR) is 81.1 cm³/mol. The second kappa shape index (κ2) is 5.32. The minimum Gasteiger partial charge on any atom is -0.272 e. The van der Waals surface area contributed by atoms with Crippen molar-refractivity contribution in [1.29, 1.82) is 0 Å². The van der Waals surface area contributed by atoms with Gasteiger partial charge < -0.3 is 0 Å². The highest BCUT2D eigenvalue weighted by atomic mass is 32.1. The number of halogens is 5. The number of alkyl halides is 5. The first-order valence-corrected chi connectivity index (χ1v) is 8.26. The highest BCUT2D eigenvalue weighted by Gasteiger charge is 2.56. The first-order valence-electron chi connectivity index (χ1n) is 7.44. The third-order valence-corrected chi connectivity index (χ3v) is 4.89. The molecule has 1 aliphatic rings. The summed E-state index contributed by atoms with van der Waals surface area (Å²) in [5.74, 6) is -3.68. The molecule has 0 radical (unpaired) electrons. The number of hydrogen-bond donors (Lipinski definition) is 0. The van der Waals surface area contributed by atoms with Crippen LogP contribution in [0.2, 0.25) is 0 Å². The maximum Gasteiger partial charge on any atom is 0.434 e. The fourth-order valence-corrected chi connectivity index (χ4v) is 3.43. The highest BCUT2D eigenvalue weighted by molar-refractivity contribution is 7.16. The quantitative estimate of drug-likeness (QED) is 0.644. The molecule has 4 rings (SSSR count). The van der Waals surface area contributed by atoms with Crippen molar-refractivity contribution in [3.63, 3.8) is 0 Å². The minimum absolute atomic E-state index is 0.138. The molecule has 3 aromatic heterocycles. The Kier molecular flexibility index (Phi) is 3.49. The molecule has 1 saturated carbocycles. The van der Waals surface area contributed by atoms with Gasteiger partial charge in [-0.1, -0.05) is 11.3 Å². The SMILES string of the molecule is Cc1nn2c(=O)c(-c3cnn(C[C@@H]4CC4(F)F)c3)c(C(F)(F)F)nc2s1. The van der Waals surface area contributed by atoms with E-state index in [4.69, 9.17) is 0 Å². The van der Waals surface area contributed by atoms with Crippen molar-refractivity contribution in [1.82, 2.24) is 24.4 Å². The summed E-state index contributed by atoms with van der Waals surface area (Å²) in [6.45, 7) is 1.40. The third kappa shape index (κ3) is 2.77. The molecule has 0 N–H and O–H groups in total. The molecular weight excluding hydrogens is 381 g/mol. The Balaban J connectivity index is 1.84. The van der Waals surface area contributed by atoms with Crippen LogP contribution in [0.15, 0.2) is 17.2 Å². The molecule has 0 amide bonds. The zero-order valence-corrected chi connectivity index (χ0v) is 13.9. The molecule has 0 aromatic carbocycles. The molecule has 0 unspecified atom stereocenters. The second-order valence-corrected chi connectivity index (χ2v) is 7.23. The Morgan fingerprint density at radius 1 is 1.38 bits per heavy atom. The van der Waals surface area contributed by atoms with Gasteiger partial charge in [0.05, 0.1) is 11.8 Å². The van der Waals surface area contributed by atoms with Crippen molar-refractivity contribution in [3.8, 4) is 11.1 Å². The van der Waals surface area contributed by atoms with Crippen LogP contribution in [0, 0.1) is 12.8 Å². The summed E-state index contributed by atoms with van der Waals surface area (Å²) < 4.78 is 68.2. The molecule has 6 nitrogen and oxygen atoms in total. The summed E-state index contributed by atoms with van der Waals surface area (Å²) >= 11 is 0.859. The lowest BCUT2D eigenvalue weighted by molar-refractivity contribution is -0.140. The van der Waals surface area contributed by atoms with Crippen LogP contribution in [0.3, 0.4) is 0 Å². The van der Waals surface area contributed by atoms with Crippen molar-refractivity contribution in [2.45, 2.75) is 32.0 Å². The summed E-state index contributed by atoms with van der Waals surface area (Å²) in [6.07, 6.45) is -2.97. The smallest absolute Gasteiger partial charge is 0.272 e. The summed E-state index contributed by atoms with van der Waals surface area (Å²) in [5.41, 5.74) is -3.17. The average Bonchev–Trinajstić information content (AvgIpc) is 2.90. The van der Waals surface area contributed by atoms with E-state index in [1.54, 1.807) is 6.92 Å². The Hall–Kier alpha value is -2.37. The van der Waals surface area contributed by atoms with Gasteiger partial charge in [0, 0.05) is 30.6 Å². The van der Waals surface area contributed by atoms with Crippen LogP contribution < -0.4 is 5.56 Å². The van der Waals surface area contributed by atoms with Gasteiger partial charge in [0.2, 0.25) is 4.96 Å². The fraction of sp³-hybridized carbons (Fsp3) is 0.429. The Labute approximate surface area is 145 Å². The van der Waals surface area contributed by atoms with Crippen LogP contribution in [0.1, 0.15) is 17.1 Å². The standard InChI is InChI=1S/C14H10F5N5OS/c1-6-22-24-11(25)9(10(14(17,18)19)21-12(24)26-6)7-3-20-23(4-7)5-8-2-13(8,15)16/h3-4,8H,2,5H2,1H3/t8-/m0/s1. The lowest BCUT2D eigenvalue weighted by Crippen LogP contribution is -2.24. The van der Waals surface area contributed by atoms with Gasteiger partial charge >= 0.3 is 6.18 Å². The van der Waals surface area contributed by atoms with Crippen molar-refractivity contribution in [2.75, 3.05) is 0 Å². The molecule has 0 spiro atoms. The van der Waals surface area contributed by atoms with Crippen molar-refractivity contribution < 1.29 is 22.0 Å². The summed E-state index contributed by atoms with van der Waals surface area (Å²) in [7, 11) is 0. The third-order valence-electron chi connectivity index (χ3n) is 4.07. The van der Waals surface area contributed by atoms with E-state index in [1.807, 2.05) is 0 Å². The van der Waals surface area contributed by atoms with E-state index in [9.17, 15) is 26.7 Å². The zero-order chi connectivity index (χ0) is 18.9. The monoisotopic (exact) mass is 391 g/mol. The number of aryl methyl sites for hydroxylation is 1. The largest absolute Gasteiger partial charge is 0.434 e. The van der Waals surface area contributed by atoms with Crippen LogP contribution in [0.5, 0.6) is 0 Å². The molecule has 3 aromatic rings. The average molecular weight is 391 g/mol. The lowest BCUT2D eigenvalue weighted by atomic mass is 10.1. The van der Waals surface area contributed by atoms with Gasteiger partial charge in [-0.3, -0.25) is 9.48 Å². The first kappa shape index (κ1) is 17.1. The summed E-state index contributed by atoms with van der Waals surface area (Å²) in [4.78, 5) is 15.9. The zero-order valence-electron chi connectivity index (χ0n) is 13.1. The molecule has 0 aliphatic heterocycles. The Morgan fingerprint density at radius 3 is 2.69 bits per heavy atom. The first-order chi connectivity index (χ1) is 12.1. The highest BCUT2D eigenvalue weighted by Crippen LogP contribution is 2.49. The van der Waals surface area contributed by atoms with Crippen LogP contribution >= 0.6 is 11.3 Å². The number of rotatable bonds is 3. The maximum absolute atomic E-state index is 13.4. The van der Waals surface area contributed by atoms with Gasteiger partial charge in [-0.15, -0.1) is 0 Å². The number of aromatic nitrogens is 5. The molecule has 3 heterocycles. The lowest BCUT2D eigenvalue weighted by Gasteiger charge is -2.09. The molecule has 1 aliphatic carbocycles. The van der Waals surface area contributed by atoms with Crippen molar-refractivity contribution in [3.05, 3.63) is 33.4 Å². The van der Waals surface area contributed by atoms with E-state index in [0.717, 1.165) is 32.9 Å². The van der Waals surface area contributed by atoms with Gasteiger partial charge in [0.15, 0.2) is 5.69 Å². The van der Waals surface area contributed by atoms with Gasteiger partial charge in [0.1, 0.15) is 5.01 Å². The normalized spacial score (nSPS) is 19.2. The van der Waals surface area contributed by atoms with Crippen LogP contribution in [0.25, 0.3) is 16.1 Å².